The lowest BCUT2D eigenvalue weighted by Crippen LogP contribution is -2.32. The molecule has 1 aromatic heterocycles. The third-order valence-corrected chi connectivity index (χ3v) is 5.41. The van der Waals surface area contributed by atoms with Crippen molar-refractivity contribution in [3.8, 4) is 0 Å². The summed E-state index contributed by atoms with van der Waals surface area (Å²) in [5, 5.41) is 7.47. The third kappa shape index (κ3) is 3.65. The van der Waals surface area contributed by atoms with Gasteiger partial charge in [-0.25, -0.2) is 4.98 Å². The van der Waals surface area contributed by atoms with Gasteiger partial charge in [0.05, 0.1) is 15.2 Å². The number of nitrogens with one attached hydrogen (secondary N) is 2. The highest BCUT2D eigenvalue weighted by molar-refractivity contribution is 7.18. The number of carbonyl (C=O) groups is 1. The van der Waals surface area contributed by atoms with Gasteiger partial charge in [0, 0.05) is 12.1 Å². The lowest BCUT2D eigenvalue weighted by atomic mass is 9.84. The number of nitrogens with zero attached hydrogens (tertiary/aromatic N) is 1. The van der Waals surface area contributed by atoms with Gasteiger partial charge in [-0.3, -0.25) is 4.79 Å². The molecule has 2 N–H and O–H groups in total. The van der Waals surface area contributed by atoms with Crippen LogP contribution in [0.2, 0.25) is 0 Å². The average molecular weight is 317 g/mol. The Morgan fingerprint density at radius 1 is 1.45 bits per heavy atom. The number of rotatable bonds is 4. The van der Waals surface area contributed by atoms with Crippen LogP contribution in [0.3, 0.4) is 0 Å². The molecule has 5 heteroatoms. The van der Waals surface area contributed by atoms with E-state index in [9.17, 15) is 4.79 Å². The second kappa shape index (κ2) is 6.75. The number of aryl methyl sites for hydroxylation is 1. The Bertz CT molecular complexity index is 661. The van der Waals surface area contributed by atoms with Gasteiger partial charge in [-0.1, -0.05) is 6.92 Å². The number of benzene rings is 1. The van der Waals surface area contributed by atoms with Crippen molar-refractivity contribution in [3.63, 3.8) is 0 Å². The van der Waals surface area contributed by atoms with Crippen LogP contribution in [-0.4, -0.2) is 24.0 Å². The fourth-order valence-electron chi connectivity index (χ4n) is 3.20. The van der Waals surface area contributed by atoms with E-state index in [4.69, 9.17) is 0 Å². The predicted molar refractivity (Wildman–Crippen MR) is 92.4 cm³/mol. The molecule has 3 rings (SSSR count). The molecule has 2 heterocycles. The van der Waals surface area contributed by atoms with Crippen LogP contribution in [0.1, 0.15) is 31.2 Å². The van der Waals surface area contributed by atoms with Crippen molar-refractivity contribution in [1.82, 2.24) is 10.3 Å². The number of anilines is 1. The second-order valence-electron chi connectivity index (χ2n) is 6.23. The summed E-state index contributed by atoms with van der Waals surface area (Å²) in [5.74, 6) is 1.22. The first-order valence-electron chi connectivity index (χ1n) is 7.99. The standard InChI is InChI=1S/C17H23N3OS/c1-11(13-5-7-18-8-6-13)9-17(21)20-14-3-4-15-16(10-14)22-12(2)19-15/h3-4,10-11,13,18H,5-9H2,1-2H3,(H,20,21). The third-order valence-electron chi connectivity index (χ3n) is 4.48. The molecular formula is C17H23N3OS. The molecule has 4 nitrogen and oxygen atoms in total. The number of piperidine rings is 1. The minimum atomic E-state index is 0.117. The van der Waals surface area contributed by atoms with Gasteiger partial charge in [0.25, 0.3) is 0 Å². The number of thiazole rings is 1. The van der Waals surface area contributed by atoms with E-state index in [2.05, 4.69) is 22.5 Å². The van der Waals surface area contributed by atoms with Crippen molar-refractivity contribution >= 4 is 33.1 Å². The Hall–Kier alpha value is -1.46. The van der Waals surface area contributed by atoms with Gasteiger partial charge in [0.1, 0.15) is 0 Å². The van der Waals surface area contributed by atoms with E-state index in [1.54, 1.807) is 11.3 Å². The molecule has 2 aromatic rings. The molecule has 1 aliphatic rings. The molecule has 1 amide bonds. The van der Waals surface area contributed by atoms with Crippen LogP contribution in [0.5, 0.6) is 0 Å². The quantitative estimate of drug-likeness (QED) is 0.906. The van der Waals surface area contributed by atoms with Crippen LogP contribution >= 0.6 is 11.3 Å². The SMILES string of the molecule is Cc1nc2ccc(NC(=O)CC(C)C3CCNCC3)cc2s1. The van der Waals surface area contributed by atoms with Gasteiger partial charge in [-0.2, -0.15) is 0 Å². The highest BCUT2D eigenvalue weighted by Gasteiger charge is 2.22. The minimum absolute atomic E-state index is 0.117. The summed E-state index contributed by atoms with van der Waals surface area (Å²) in [4.78, 5) is 16.7. The van der Waals surface area contributed by atoms with Crippen LogP contribution in [0.25, 0.3) is 10.2 Å². The largest absolute Gasteiger partial charge is 0.326 e. The molecule has 118 valence electrons. The van der Waals surface area contributed by atoms with Crippen LogP contribution in [-0.2, 0) is 4.79 Å². The molecule has 1 aromatic carbocycles. The molecule has 1 saturated heterocycles. The van der Waals surface area contributed by atoms with E-state index in [-0.39, 0.29) is 5.91 Å². The van der Waals surface area contributed by atoms with E-state index in [0.717, 1.165) is 34.0 Å². The van der Waals surface area contributed by atoms with Gasteiger partial charge >= 0.3 is 0 Å². The van der Waals surface area contributed by atoms with Gasteiger partial charge in [0.15, 0.2) is 0 Å². The van der Waals surface area contributed by atoms with Gasteiger partial charge in [0.2, 0.25) is 5.91 Å². The molecule has 0 aliphatic carbocycles. The molecule has 1 fully saturated rings. The van der Waals surface area contributed by atoms with Crippen molar-refractivity contribution in [3.05, 3.63) is 23.2 Å². The minimum Gasteiger partial charge on any atom is -0.326 e. The number of amides is 1. The molecular weight excluding hydrogens is 294 g/mol. The van der Waals surface area contributed by atoms with Gasteiger partial charge in [-0.05, 0) is 62.9 Å². The normalized spacial score (nSPS) is 17.5. The zero-order chi connectivity index (χ0) is 15.5. The number of aromatic nitrogens is 1. The summed E-state index contributed by atoms with van der Waals surface area (Å²) < 4.78 is 1.13. The Kier molecular flexibility index (Phi) is 4.74. The predicted octanol–water partition coefficient (Wildman–Crippen LogP) is 3.57. The molecule has 1 aliphatic heterocycles. The van der Waals surface area contributed by atoms with Crippen LogP contribution in [0, 0.1) is 18.8 Å². The van der Waals surface area contributed by atoms with E-state index in [1.165, 1.54) is 12.8 Å². The lowest BCUT2D eigenvalue weighted by Gasteiger charge is -2.27. The molecule has 1 unspecified atom stereocenters. The maximum absolute atomic E-state index is 12.3. The Morgan fingerprint density at radius 2 is 2.23 bits per heavy atom. The van der Waals surface area contributed by atoms with Gasteiger partial charge < -0.3 is 10.6 Å². The van der Waals surface area contributed by atoms with Crippen molar-refractivity contribution in [2.24, 2.45) is 11.8 Å². The molecule has 22 heavy (non-hydrogen) atoms. The Morgan fingerprint density at radius 3 is 3.00 bits per heavy atom. The number of carbonyl (C=O) groups excluding carboxylic acids is 1. The van der Waals surface area contributed by atoms with Crippen molar-refractivity contribution in [2.75, 3.05) is 18.4 Å². The maximum Gasteiger partial charge on any atom is 0.224 e. The first kappa shape index (κ1) is 15.4. The lowest BCUT2D eigenvalue weighted by molar-refractivity contribution is -0.117. The van der Waals surface area contributed by atoms with Gasteiger partial charge in [-0.15, -0.1) is 11.3 Å². The Labute approximate surface area is 135 Å². The molecule has 0 spiro atoms. The van der Waals surface area contributed by atoms with E-state index >= 15 is 0 Å². The average Bonchev–Trinajstić information content (AvgIpc) is 2.87. The van der Waals surface area contributed by atoms with Crippen molar-refractivity contribution < 1.29 is 4.79 Å². The van der Waals surface area contributed by atoms with E-state index in [1.807, 2.05) is 25.1 Å². The number of hydrogen-bond donors (Lipinski definition) is 2. The molecule has 0 saturated carbocycles. The Balaban J connectivity index is 1.59. The molecule has 0 radical (unpaired) electrons. The van der Waals surface area contributed by atoms with Crippen LogP contribution in [0.15, 0.2) is 18.2 Å². The fraction of sp³-hybridized carbons (Fsp3) is 0.529. The zero-order valence-electron chi connectivity index (χ0n) is 13.2. The van der Waals surface area contributed by atoms with E-state index < -0.39 is 0 Å². The number of hydrogen-bond acceptors (Lipinski definition) is 4. The summed E-state index contributed by atoms with van der Waals surface area (Å²) in [6.07, 6.45) is 2.96. The topological polar surface area (TPSA) is 54.0 Å². The summed E-state index contributed by atoms with van der Waals surface area (Å²) in [5.41, 5.74) is 1.88. The number of fused-ring (bicyclic) bond motifs is 1. The molecule has 0 bridgehead atoms. The highest BCUT2D eigenvalue weighted by atomic mass is 32.1. The first-order valence-corrected chi connectivity index (χ1v) is 8.81. The highest BCUT2D eigenvalue weighted by Crippen LogP contribution is 2.27. The summed E-state index contributed by atoms with van der Waals surface area (Å²) in [6, 6.07) is 5.94. The monoisotopic (exact) mass is 317 g/mol. The van der Waals surface area contributed by atoms with Crippen molar-refractivity contribution in [1.29, 1.82) is 0 Å². The maximum atomic E-state index is 12.3. The summed E-state index contributed by atoms with van der Waals surface area (Å²) in [7, 11) is 0. The van der Waals surface area contributed by atoms with Crippen LogP contribution in [0.4, 0.5) is 5.69 Å². The van der Waals surface area contributed by atoms with E-state index in [0.29, 0.717) is 18.3 Å². The second-order valence-corrected chi connectivity index (χ2v) is 7.47. The molecule has 1 atom stereocenters. The zero-order valence-corrected chi connectivity index (χ0v) is 14.0. The summed E-state index contributed by atoms with van der Waals surface area (Å²) >= 11 is 1.66. The summed E-state index contributed by atoms with van der Waals surface area (Å²) in [6.45, 7) is 6.37. The van der Waals surface area contributed by atoms with Crippen molar-refractivity contribution in [2.45, 2.75) is 33.1 Å². The fourth-order valence-corrected chi connectivity index (χ4v) is 4.07. The van der Waals surface area contributed by atoms with Crippen LogP contribution < -0.4 is 10.6 Å². The smallest absolute Gasteiger partial charge is 0.224 e. The first-order chi connectivity index (χ1) is 10.6.